The molecule has 1 N–H and O–H groups in total. The van der Waals surface area contributed by atoms with Crippen molar-refractivity contribution in [2.45, 2.75) is 25.6 Å². The Morgan fingerprint density at radius 2 is 1.65 bits per heavy atom. The molecule has 0 aliphatic carbocycles. The zero-order valence-electron chi connectivity index (χ0n) is 11.5. The molecule has 20 heavy (non-hydrogen) atoms. The first-order valence-corrected chi connectivity index (χ1v) is 5.98. The highest BCUT2D eigenvalue weighted by Gasteiger charge is 2.40. The van der Waals surface area contributed by atoms with E-state index in [4.69, 9.17) is 14.2 Å². The fourth-order valence-corrected chi connectivity index (χ4v) is 1.59. The molecule has 0 amide bonds. The van der Waals surface area contributed by atoms with E-state index in [-0.39, 0.29) is 22.8 Å². The first-order chi connectivity index (χ1) is 9.35. The molecule has 1 rings (SSSR count). The monoisotopic (exact) mass is 294 g/mol. The van der Waals surface area contributed by atoms with Crippen LogP contribution in [0.1, 0.15) is 25.0 Å². The molecule has 1 aromatic carbocycles. The van der Waals surface area contributed by atoms with Crippen LogP contribution in [0.3, 0.4) is 0 Å². The van der Waals surface area contributed by atoms with Crippen LogP contribution in [-0.2, 0) is 0 Å². The summed E-state index contributed by atoms with van der Waals surface area (Å²) in [5.41, 5.74) is -0.366. The summed E-state index contributed by atoms with van der Waals surface area (Å²) in [5.74, 6) is 0.377. The van der Waals surface area contributed by atoms with Gasteiger partial charge >= 0.3 is 6.18 Å². The van der Waals surface area contributed by atoms with Gasteiger partial charge in [0.05, 0.1) is 20.8 Å². The molecule has 114 valence electrons. The van der Waals surface area contributed by atoms with Crippen molar-refractivity contribution in [1.29, 1.82) is 0 Å². The molecular formula is C13H17F3O4. The molecule has 7 heteroatoms. The maximum atomic E-state index is 12.5. The molecule has 0 aromatic heterocycles. The highest BCUT2D eigenvalue weighted by Crippen LogP contribution is 2.43. The Hall–Kier alpha value is -1.63. The van der Waals surface area contributed by atoms with Crippen molar-refractivity contribution >= 4 is 0 Å². The lowest BCUT2D eigenvalue weighted by Crippen LogP contribution is -2.20. The van der Waals surface area contributed by atoms with Crippen LogP contribution in [-0.4, -0.2) is 32.1 Å². The van der Waals surface area contributed by atoms with Crippen molar-refractivity contribution in [1.82, 2.24) is 0 Å². The van der Waals surface area contributed by atoms with E-state index >= 15 is 0 Å². The first kappa shape index (κ1) is 16.4. The normalized spacial score (nSPS) is 12.9. The minimum absolute atomic E-state index is 0.0797. The molecule has 1 unspecified atom stereocenters. The van der Waals surface area contributed by atoms with Crippen LogP contribution in [0, 0.1) is 0 Å². The Balaban J connectivity index is 3.25. The Kier molecular flexibility index (Phi) is 5.50. The SMILES string of the molecule is CCCOc1c(OC)cc(C(O)C(F)(F)F)cc1OC. The van der Waals surface area contributed by atoms with Gasteiger partial charge in [0.15, 0.2) is 17.6 Å². The van der Waals surface area contributed by atoms with Crippen LogP contribution < -0.4 is 14.2 Å². The van der Waals surface area contributed by atoms with Crippen LogP contribution in [0.5, 0.6) is 17.2 Å². The number of hydrogen-bond acceptors (Lipinski definition) is 4. The van der Waals surface area contributed by atoms with E-state index < -0.39 is 12.3 Å². The molecule has 0 fully saturated rings. The summed E-state index contributed by atoms with van der Waals surface area (Å²) >= 11 is 0. The number of aliphatic hydroxyl groups is 1. The summed E-state index contributed by atoms with van der Waals surface area (Å²) < 4.78 is 53.1. The quantitative estimate of drug-likeness (QED) is 0.876. The van der Waals surface area contributed by atoms with Crippen LogP contribution in [0.4, 0.5) is 13.2 Å². The molecule has 0 saturated heterocycles. The third-order valence-corrected chi connectivity index (χ3v) is 2.56. The molecule has 0 heterocycles. The lowest BCUT2D eigenvalue weighted by Gasteiger charge is -2.19. The zero-order chi connectivity index (χ0) is 15.3. The third kappa shape index (κ3) is 3.69. The fourth-order valence-electron chi connectivity index (χ4n) is 1.59. The van der Waals surface area contributed by atoms with E-state index in [0.29, 0.717) is 6.61 Å². The van der Waals surface area contributed by atoms with Gasteiger partial charge in [0.2, 0.25) is 5.75 Å². The Bertz CT molecular complexity index is 421. The molecule has 0 spiro atoms. The van der Waals surface area contributed by atoms with Crippen molar-refractivity contribution in [3.05, 3.63) is 17.7 Å². The molecule has 4 nitrogen and oxygen atoms in total. The van der Waals surface area contributed by atoms with Crippen molar-refractivity contribution in [2.24, 2.45) is 0 Å². The van der Waals surface area contributed by atoms with Crippen molar-refractivity contribution in [3.63, 3.8) is 0 Å². The number of aliphatic hydroxyl groups excluding tert-OH is 1. The smallest absolute Gasteiger partial charge is 0.418 e. The van der Waals surface area contributed by atoms with E-state index in [1.165, 1.54) is 14.2 Å². The molecule has 1 atom stereocenters. The van der Waals surface area contributed by atoms with Gasteiger partial charge in [-0.1, -0.05) is 6.92 Å². The average molecular weight is 294 g/mol. The third-order valence-electron chi connectivity index (χ3n) is 2.56. The second-order valence-electron chi connectivity index (χ2n) is 4.05. The average Bonchev–Trinajstić information content (AvgIpc) is 2.42. The lowest BCUT2D eigenvalue weighted by molar-refractivity contribution is -0.206. The maximum absolute atomic E-state index is 12.5. The summed E-state index contributed by atoms with van der Waals surface area (Å²) in [6.07, 6.45) is -6.65. The van der Waals surface area contributed by atoms with Crippen LogP contribution >= 0.6 is 0 Å². The van der Waals surface area contributed by atoms with E-state index in [0.717, 1.165) is 18.6 Å². The van der Waals surface area contributed by atoms with Crippen molar-refractivity contribution in [3.8, 4) is 17.2 Å². The standard InChI is InChI=1S/C13H17F3O4/c1-4-5-20-11-9(18-2)6-8(7-10(11)19-3)12(17)13(14,15)16/h6-7,12,17H,4-5H2,1-3H3. The van der Waals surface area contributed by atoms with E-state index in [1.54, 1.807) is 0 Å². The zero-order valence-corrected chi connectivity index (χ0v) is 11.5. The number of halogens is 3. The first-order valence-electron chi connectivity index (χ1n) is 5.98. The summed E-state index contributed by atoms with van der Waals surface area (Å²) in [6.45, 7) is 2.26. The second-order valence-corrected chi connectivity index (χ2v) is 4.05. The van der Waals surface area contributed by atoms with E-state index in [2.05, 4.69) is 0 Å². The predicted molar refractivity (Wildman–Crippen MR) is 66.3 cm³/mol. The Morgan fingerprint density at radius 1 is 1.15 bits per heavy atom. The Morgan fingerprint density at radius 3 is 2.00 bits per heavy atom. The maximum Gasteiger partial charge on any atom is 0.418 e. The number of rotatable bonds is 6. The summed E-state index contributed by atoms with van der Waals surface area (Å²) in [7, 11) is 2.61. The van der Waals surface area contributed by atoms with Crippen molar-refractivity contribution in [2.75, 3.05) is 20.8 Å². The highest BCUT2D eigenvalue weighted by molar-refractivity contribution is 5.54. The predicted octanol–water partition coefficient (Wildman–Crippen LogP) is 3.09. The molecule has 0 saturated carbocycles. The fraction of sp³-hybridized carbons (Fsp3) is 0.538. The molecule has 0 radical (unpaired) electrons. The lowest BCUT2D eigenvalue weighted by atomic mass is 10.1. The van der Waals surface area contributed by atoms with Crippen LogP contribution in [0.15, 0.2) is 12.1 Å². The molecule has 1 aromatic rings. The molecule has 0 aliphatic heterocycles. The van der Waals surface area contributed by atoms with Gasteiger partial charge in [-0.2, -0.15) is 13.2 Å². The largest absolute Gasteiger partial charge is 0.493 e. The summed E-state index contributed by atoms with van der Waals surface area (Å²) in [4.78, 5) is 0. The Labute approximate surface area is 115 Å². The molecular weight excluding hydrogens is 277 g/mol. The van der Waals surface area contributed by atoms with Crippen LogP contribution in [0.25, 0.3) is 0 Å². The topological polar surface area (TPSA) is 47.9 Å². The number of hydrogen-bond donors (Lipinski definition) is 1. The van der Waals surface area contributed by atoms with Crippen LogP contribution in [0.2, 0.25) is 0 Å². The van der Waals surface area contributed by atoms with E-state index in [1.807, 2.05) is 6.92 Å². The minimum Gasteiger partial charge on any atom is -0.493 e. The molecule has 0 bridgehead atoms. The van der Waals surface area contributed by atoms with Gasteiger partial charge in [-0.05, 0) is 24.1 Å². The molecule has 0 aliphatic rings. The van der Waals surface area contributed by atoms with Gasteiger partial charge < -0.3 is 19.3 Å². The minimum atomic E-state index is -4.76. The number of ether oxygens (including phenoxy) is 3. The van der Waals surface area contributed by atoms with Gasteiger partial charge in [0.1, 0.15) is 0 Å². The van der Waals surface area contributed by atoms with Gasteiger partial charge in [-0.3, -0.25) is 0 Å². The van der Waals surface area contributed by atoms with Gasteiger partial charge in [-0.25, -0.2) is 0 Å². The van der Waals surface area contributed by atoms with E-state index in [9.17, 15) is 18.3 Å². The number of alkyl halides is 3. The van der Waals surface area contributed by atoms with Gasteiger partial charge in [0, 0.05) is 0 Å². The van der Waals surface area contributed by atoms with Crippen molar-refractivity contribution < 1.29 is 32.5 Å². The number of methoxy groups -OCH3 is 2. The summed E-state index contributed by atoms with van der Waals surface area (Å²) in [6, 6.07) is 2.18. The van der Waals surface area contributed by atoms with Gasteiger partial charge in [0.25, 0.3) is 0 Å². The number of benzene rings is 1. The highest BCUT2D eigenvalue weighted by atomic mass is 19.4. The second kappa shape index (κ2) is 6.69. The summed E-state index contributed by atoms with van der Waals surface area (Å²) in [5, 5.41) is 9.29. The van der Waals surface area contributed by atoms with Gasteiger partial charge in [-0.15, -0.1) is 0 Å².